The summed E-state index contributed by atoms with van der Waals surface area (Å²) in [5, 5.41) is 0. The zero-order valence-corrected chi connectivity index (χ0v) is 19.5. The van der Waals surface area contributed by atoms with Gasteiger partial charge in [-0.15, -0.1) is 0 Å². The zero-order chi connectivity index (χ0) is 23.8. The van der Waals surface area contributed by atoms with Crippen molar-refractivity contribution in [3.05, 3.63) is 95.1 Å². The Morgan fingerprint density at radius 3 is 2.03 bits per heavy atom. The molecule has 0 amide bonds. The van der Waals surface area contributed by atoms with E-state index in [4.69, 9.17) is 0 Å². The van der Waals surface area contributed by atoms with E-state index in [1.807, 2.05) is 31.2 Å². The highest BCUT2D eigenvalue weighted by atomic mass is 16.1. The van der Waals surface area contributed by atoms with Crippen molar-refractivity contribution < 1.29 is 14.4 Å². The summed E-state index contributed by atoms with van der Waals surface area (Å²) in [6, 6.07) is 18.5. The Balaban J connectivity index is 1.47. The van der Waals surface area contributed by atoms with Crippen molar-refractivity contribution in [3.63, 3.8) is 0 Å². The Labute approximate surface area is 199 Å². The average molecular weight is 447 g/mol. The number of fused-ring (bicyclic) bond motifs is 1. The van der Waals surface area contributed by atoms with Crippen molar-refractivity contribution in [2.75, 3.05) is 0 Å². The average Bonchev–Trinajstić information content (AvgIpc) is 2.74. The number of carbonyl (C=O) groups excluding carboxylic acids is 3. The molecular formula is C31H26O3. The molecule has 0 saturated carbocycles. The first-order valence-corrected chi connectivity index (χ1v) is 11.8. The molecule has 0 fully saturated rings. The fourth-order valence-electron chi connectivity index (χ4n) is 4.71. The second-order valence-corrected chi connectivity index (χ2v) is 9.18. The van der Waals surface area contributed by atoms with Crippen LogP contribution in [0.3, 0.4) is 0 Å². The highest BCUT2D eigenvalue weighted by Gasteiger charge is 2.29. The van der Waals surface area contributed by atoms with Gasteiger partial charge in [0.25, 0.3) is 0 Å². The molecule has 168 valence electrons. The Hall–Kier alpha value is -3.85. The van der Waals surface area contributed by atoms with Crippen LogP contribution >= 0.6 is 0 Å². The molecule has 0 aliphatic heterocycles. The lowest BCUT2D eigenvalue weighted by Crippen LogP contribution is -2.18. The van der Waals surface area contributed by atoms with Gasteiger partial charge in [-0.05, 0) is 89.4 Å². The lowest BCUT2D eigenvalue weighted by Gasteiger charge is -2.22. The van der Waals surface area contributed by atoms with E-state index in [0.717, 1.165) is 33.4 Å². The number of Topliss-reactive ketones (excluding diaryl/α,β-unsaturated/α-hetero) is 3. The fourth-order valence-corrected chi connectivity index (χ4v) is 4.71. The molecule has 0 saturated heterocycles. The molecule has 3 aliphatic carbocycles. The number of ketones is 3. The van der Waals surface area contributed by atoms with Crippen molar-refractivity contribution >= 4 is 28.5 Å². The molecule has 3 aromatic rings. The molecule has 0 spiro atoms. The van der Waals surface area contributed by atoms with Crippen LogP contribution in [0.4, 0.5) is 0 Å². The minimum absolute atomic E-state index is 0.124. The molecule has 0 heterocycles. The van der Waals surface area contributed by atoms with Crippen molar-refractivity contribution in [1.82, 2.24) is 0 Å². The van der Waals surface area contributed by atoms with Gasteiger partial charge in [0.15, 0.2) is 11.6 Å². The second kappa shape index (κ2) is 8.83. The van der Waals surface area contributed by atoms with E-state index in [9.17, 15) is 14.4 Å². The number of allylic oxidation sites excluding steroid dienone is 6. The third-order valence-electron chi connectivity index (χ3n) is 6.79. The van der Waals surface area contributed by atoms with E-state index in [-0.39, 0.29) is 29.3 Å². The predicted molar refractivity (Wildman–Crippen MR) is 137 cm³/mol. The van der Waals surface area contributed by atoms with E-state index < -0.39 is 0 Å². The van der Waals surface area contributed by atoms with Crippen molar-refractivity contribution in [2.45, 2.75) is 39.5 Å². The van der Waals surface area contributed by atoms with Crippen molar-refractivity contribution in [3.8, 4) is 22.3 Å². The molecule has 0 unspecified atom stereocenters. The van der Waals surface area contributed by atoms with E-state index in [2.05, 4.69) is 48.6 Å². The molecule has 34 heavy (non-hydrogen) atoms. The van der Waals surface area contributed by atoms with Crippen LogP contribution in [-0.4, -0.2) is 17.3 Å². The van der Waals surface area contributed by atoms with Crippen LogP contribution in [0.15, 0.2) is 78.4 Å². The predicted octanol–water partition coefficient (Wildman–Crippen LogP) is 7.10. The summed E-state index contributed by atoms with van der Waals surface area (Å²) in [6.45, 7) is 3.43. The standard InChI is InChI=1S/C31H26O3/c1-19(32)6-3-4-9-29(33)30-20(2)27-15-14-24(18-28(27)25-16-26(17-25)31(30)34)23-12-10-22(11-13-23)21-7-5-8-21/h5,7-8,10-18H,3-4,6,9H2,1-2H3/b30-20-. The van der Waals surface area contributed by atoms with E-state index in [0.29, 0.717) is 24.8 Å². The van der Waals surface area contributed by atoms with Gasteiger partial charge in [0.1, 0.15) is 5.78 Å². The van der Waals surface area contributed by atoms with Crippen LogP contribution in [0.25, 0.3) is 33.4 Å². The maximum absolute atomic E-state index is 13.1. The number of rotatable bonds is 8. The molecule has 3 heteroatoms. The minimum atomic E-state index is -0.192. The summed E-state index contributed by atoms with van der Waals surface area (Å²) >= 11 is 0. The highest BCUT2D eigenvalue weighted by molar-refractivity contribution is 6.32. The topological polar surface area (TPSA) is 51.2 Å². The van der Waals surface area contributed by atoms with Crippen molar-refractivity contribution in [1.29, 1.82) is 0 Å². The van der Waals surface area contributed by atoms with Gasteiger partial charge in [0.05, 0.1) is 5.57 Å². The number of carbonyl (C=O) groups is 3. The summed E-state index contributed by atoms with van der Waals surface area (Å²) in [6.07, 6.45) is 8.27. The zero-order valence-electron chi connectivity index (χ0n) is 19.5. The maximum atomic E-state index is 13.1. The molecule has 3 aliphatic rings. The quantitative estimate of drug-likeness (QED) is 0.274. The first-order chi connectivity index (χ1) is 16.4. The summed E-state index contributed by atoms with van der Waals surface area (Å²) in [5.74, 6) is -0.207. The van der Waals surface area contributed by atoms with Crippen LogP contribution in [-0.2, 0) is 9.59 Å². The molecule has 0 radical (unpaired) electrons. The van der Waals surface area contributed by atoms with Crippen LogP contribution < -0.4 is 0 Å². The number of unbranched alkanes of at least 4 members (excludes halogenated alkanes) is 1. The summed E-state index contributed by atoms with van der Waals surface area (Å²) in [7, 11) is 0. The molecule has 2 bridgehead atoms. The van der Waals surface area contributed by atoms with Gasteiger partial charge in [-0.1, -0.05) is 54.6 Å². The Morgan fingerprint density at radius 2 is 1.38 bits per heavy atom. The van der Waals surface area contributed by atoms with Gasteiger partial charge < -0.3 is 4.79 Å². The number of hydrogen-bond acceptors (Lipinski definition) is 3. The van der Waals surface area contributed by atoms with Crippen LogP contribution in [0, 0.1) is 0 Å². The lowest BCUT2D eigenvalue weighted by molar-refractivity contribution is -0.118. The van der Waals surface area contributed by atoms with Gasteiger partial charge in [-0.3, -0.25) is 9.59 Å². The largest absolute Gasteiger partial charge is 0.300 e. The SMILES string of the molecule is CC(=O)CCCCC(=O)/C1=C(\C)c2ccc(-c3ccc(C4=CC=C4)cc3)cc2-c2cc(c2)C1=O. The van der Waals surface area contributed by atoms with Gasteiger partial charge in [-0.25, -0.2) is 0 Å². The molecule has 6 rings (SSSR count). The Morgan fingerprint density at radius 1 is 0.735 bits per heavy atom. The molecule has 0 aromatic heterocycles. The highest BCUT2D eigenvalue weighted by Crippen LogP contribution is 2.40. The monoisotopic (exact) mass is 446 g/mol. The third kappa shape index (κ3) is 3.99. The van der Waals surface area contributed by atoms with Crippen LogP contribution in [0.2, 0.25) is 0 Å². The fraction of sp³-hybridized carbons (Fsp3) is 0.194. The van der Waals surface area contributed by atoms with Gasteiger partial charge in [0.2, 0.25) is 0 Å². The first-order valence-electron chi connectivity index (χ1n) is 11.8. The molecule has 3 nitrogen and oxygen atoms in total. The molecule has 3 aromatic carbocycles. The van der Waals surface area contributed by atoms with E-state index in [1.165, 1.54) is 11.1 Å². The third-order valence-corrected chi connectivity index (χ3v) is 6.79. The second-order valence-electron chi connectivity index (χ2n) is 9.18. The Bertz CT molecular complexity index is 1380. The van der Waals surface area contributed by atoms with Gasteiger partial charge in [0, 0.05) is 18.4 Å². The van der Waals surface area contributed by atoms with Gasteiger partial charge >= 0.3 is 0 Å². The first kappa shape index (κ1) is 22.0. The molecule has 0 atom stereocenters. The number of hydrogen-bond donors (Lipinski definition) is 0. The molecule has 0 N–H and O–H groups in total. The maximum Gasteiger partial charge on any atom is 0.196 e. The lowest BCUT2D eigenvalue weighted by atomic mass is 9.79. The summed E-state index contributed by atoms with van der Waals surface area (Å²) < 4.78 is 0. The van der Waals surface area contributed by atoms with E-state index >= 15 is 0 Å². The molecular weight excluding hydrogens is 420 g/mol. The summed E-state index contributed by atoms with van der Waals surface area (Å²) in [5.41, 5.74) is 9.26. The van der Waals surface area contributed by atoms with E-state index in [1.54, 1.807) is 6.92 Å². The van der Waals surface area contributed by atoms with Crippen LogP contribution in [0.5, 0.6) is 0 Å². The van der Waals surface area contributed by atoms with Crippen LogP contribution in [0.1, 0.15) is 61.0 Å². The Kier molecular flexibility index (Phi) is 5.70. The van der Waals surface area contributed by atoms with Crippen molar-refractivity contribution in [2.24, 2.45) is 0 Å². The smallest absolute Gasteiger partial charge is 0.196 e. The normalized spacial score (nSPS) is 16.4. The number of benzene rings is 2. The summed E-state index contributed by atoms with van der Waals surface area (Å²) in [4.78, 5) is 37.4. The minimum Gasteiger partial charge on any atom is -0.300 e. The van der Waals surface area contributed by atoms with Gasteiger partial charge in [-0.2, -0.15) is 0 Å².